The van der Waals surface area contributed by atoms with E-state index in [0.717, 1.165) is 29.9 Å². The lowest BCUT2D eigenvalue weighted by atomic mass is 10.1. The predicted molar refractivity (Wildman–Crippen MR) is 103 cm³/mol. The molecule has 5 rings (SSSR count). The van der Waals surface area contributed by atoms with Gasteiger partial charge < -0.3 is 5.32 Å². The van der Waals surface area contributed by atoms with Crippen LogP contribution in [0.4, 0.5) is 5.69 Å². The summed E-state index contributed by atoms with van der Waals surface area (Å²) in [5.41, 5.74) is 3.05. The largest absolute Gasteiger partial charge is 0.322 e. The van der Waals surface area contributed by atoms with Crippen molar-refractivity contribution in [2.24, 2.45) is 0 Å². The number of amides is 1. The van der Waals surface area contributed by atoms with Crippen LogP contribution in [-0.4, -0.2) is 35.9 Å². The van der Waals surface area contributed by atoms with E-state index in [2.05, 4.69) is 25.9 Å². The van der Waals surface area contributed by atoms with Gasteiger partial charge in [0.15, 0.2) is 5.82 Å². The van der Waals surface area contributed by atoms with E-state index in [1.807, 2.05) is 53.3 Å². The number of hydrogen-bond donors (Lipinski definition) is 1. The molecule has 1 N–H and O–H groups in total. The molecule has 138 valence electrons. The fourth-order valence-electron chi connectivity index (χ4n) is 3.08. The van der Waals surface area contributed by atoms with Gasteiger partial charge in [0.1, 0.15) is 0 Å². The summed E-state index contributed by atoms with van der Waals surface area (Å²) in [6, 6.07) is 17.1. The molecule has 2 aromatic carbocycles. The highest BCUT2D eigenvalue weighted by atomic mass is 16.1. The molecule has 8 heteroatoms. The van der Waals surface area contributed by atoms with Crippen LogP contribution in [0.2, 0.25) is 0 Å². The molecule has 0 radical (unpaired) electrons. The van der Waals surface area contributed by atoms with Gasteiger partial charge >= 0.3 is 0 Å². The van der Waals surface area contributed by atoms with E-state index in [1.54, 1.807) is 23.0 Å². The number of anilines is 1. The Morgan fingerprint density at radius 1 is 1.07 bits per heavy atom. The van der Waals surface area contributed by atoms with Gasteiger partial charge in [0.05, 0.1) is 11.7 Å². The summed E-state index contributed by atoms with van der Waals surface area (Å²) in [5, 5.41) is 19.1. The monoisotopic (exact) mass is 371 g/mol. The Balaban J connectivity index is 1.34. The SMILES string of the molecule is O=C(Nc1cccc(-c2nnnn2C2CC2)c1)c1ccc(-n2cccn2)cc1. The lowest BCUT2D eigenvalue weighted by Crippen LogP contribution is -2.12. The van der Waals surface area contributed by atoms with E-state index in [-0.39, 0.29) is 5.91 Å². The summed E-state index contributed by atoms with van der Waals surface area (Å²) < 4.78 is 3.60. The lowest BCUT2D eigenvalue weighted by Gasteiger charge is -2.08. The molecule has 0 aliphatic heterocycles. The highest BCUT2D eigenvalue weighted by molar-refractivity contribution is 6.04. The zero-order chi connectivity index (χ0) is 18.9. The molecule has 0 atom stereocenters. The molecule has 1 amide bonds. The fraction of sp³-hybridized carbons (Fsp3) is 0.150. The molecule has 1 fully saturated rings. The summed E-state index contributed by atoms with van der Waals surface area (Å²) in [7, 11) is 0. The van der Waals surface area contributed by atoms with Crippen LogP contribution in [0.1, 0.15) is 29.2 Å². The van der Waals surface area contributed by atoms with E-state index in [0.29, 0.717) is 17.3 Å². The van der Waals surface area contributed by atoms with Crippen molar-refractivity contribution < 1.29 is 4.79 Å². The predicted octanol–water partition coefficient (Wildman–Crippen LogP) is 3.11. The number of nitrogens with zero attached hydrogens (tertiary/aromatic N) is 6. The number of carbonyl (C=O) groups is 1. The Morgan fingerprint density at radius 2 is 1.93 bits per heavy atom. The fourth-order valence-corrected chi connectivity index (χ4v) is 3.08. The van der Waals surface area contributed by atoms with Gasteiger partial charge in [-0.2, -0.15) is 5.10 Å². The maximum atomic E-state index is 12.6. The molecule has 28 heavy (non-hydrogen) atoms. The van der Waals surface area contributed by atoms with Crippen molar-refractivity contribution in [3.63, 3.8) is 0 Å². The molecule has 0 spiro atoms. The average Bonchev–Trinajstić information content (AvgIpc) is 3.21. The van der Waals surface area contributed by atoms with Crippen molar-refractivity contribution in [3.05, 3.63) is 72.6 Å². The minimum absolute atomic E-state index is 0.175. The first-order valence-electron chi connectivity index (χ1n) is 9.08. The molecule has 1 saturated carbocycles. The molecular weight excluding hydrogens is 354 g/mol. The molecule has 0 bridgehead atoms. The van der Waals surface area contributed by atoms with Gasteiger partial charge in [-0.05, 0) is 65.7 Å². The standard InChI is InChI=1S/C20H17N7O/c28-20(14-5-7-17(8-6-14)26-12-2-11-21-26)22-16-4-1-3-15(13-16)19-23-24-25-27(19)18-9-10-18/h1-8,11-13,18H,9-10H2,(H,22,28). The van der Waals surface area contributed by atoms with Gasteiger partial charge in [0.2, 0.25) is 0 Å². The third-order valence-electron chi connectivity index (χ3n) is 4.66. The molecule has 0 unspecified atom stereocenters. The van der Waals surface area contributed by atoms with Crippen LogP contribution >= 0.6 is 0 Å². The molecule has 8 nitrogen and oxygen atoms in total. The van der Waals surface area contributed by atoms with Crippen LogP contribution < -0.4 is 5.32 Å². The summed E-state index contributed by atoms with van der Waals surface area (Å²) in [4.78, 5) is 12.6. The van der Waals surface area contributed by atoms with Crippen LogP contribution in [0, 0.1) is 0 Å². The van der Waals surface area contributed by atoms with Crippen LogP contribution in [0.15, 0.2) is 67.0 Å². The van der Waals surface area contributed by atoms with E-state index in [4.69, 9.17) is 0 Å². The maximum Gasteiger partial charge on any atom is 0.255 e. The molecule has 1 aliphatic carbocycles. The summed E-state index contributed by atoms with van der Waals surface area (Å²) in [5.74, 6) is 0.549. The quantitative estimate of drug-likeness (QED) is 0.582. The van der Waals surface area contributed by atoms with Crippen LogP contribution in [0.3, 0.4) is 0 Å². The first kappa shape index (κ1) is 16.4. The molecular formula is C20H17N7O. The Bertz CT molecular complexity index is 1110. The number of aromatic nitrogens is 6. The lowest BCUT2D eigenvalue weighted by molar-refractivity contribution is 0.102. The van der Waals surface area contributed by atoms with E-state index in [1.165, 1.54) is 0 Å². The number of nitrogens with one attached hydrogen (secondary N) is 1. The smallest absolute Gasteiger partial charge is 0.255 e. The number of carbonyl (C=O) groups excluding carboxylic acids is 1. The zero-order valence-electron chi connectivity index (χ0n) is 14.9. The average molecular weight is 371 g/mol. The topological polar surface area (TPSA) is 90.5 Å². The molecule has 2 aromatic heterocycles. The van der Waals surface area contributed by atoms with Gasteiger partial charge in [-0.1, -0.05) is 12.1 Å². The van der Waals surface area contributed by atoms with Crippen molar-refractivity contribution in [2.75, 3.05) is 5.32 Å². The normalized spacial score (nSPS) is 13.4. The molecule has 0 saturated heterocycles. The Hall–Kier alpha value is -3.81. The molecule has 1 aliphatic rings. The summed E-state index contributed by atoms with van der Waals surface area (Å²) >= 11 is 0. The van der Waals surface area contributed by atoms with Crippen molar-refractivity contribution in [2.45, 2.75) is 18.9 Å². The van der Waals surface area contributed by atoms with E-state index < -0.39 is 0 Å². The van der Waals surface area contributed by atoms with Gasteiger partial charge in [-0.3, -0.25) is 4.79 Å². The van der Waals surface area contributed by atoms with E-state index in [9.17, 15) is 4.79 Å². The minimum Gasteiger partial charge on any atom is -0.322 e. The van der Waals surface area contributed by atoms with Crippen molar-refractivity contribution in [1.82, 2.24) is 30.0 Å². The second-order valence-electron chi connectivity index (χ2n) is 6.71. The number of benzene rings is 2. The van der Waals surface area contributed by atoms with Crippen molar-refractivity contribution in [3.8, 4) is 17.1 Å². The number of rotatable bonds is 5. The number of hydrogen-bond acceptors (Lipinski definition) is 5. The first-order chi connectivity index (χ1) is 13.8. The Labute approximate surface area is 160 Å². The maximum absolute atomic E-state index is 12.6. The van der Waals surface area contributed by atoms with Crippen LogP contribution in [0.25, 0.3) is 17.1 Å². The summed E-state index contributed by atoms with van der Waals surface area (Å²) in [6.07, 6.45) is 5.77. The van der Waals surface area contributed by atoms with Gasteiger partial charge in [0, 0.05) is 29.2 Å². The first-order valence-corrected chi connectivity index (χ1v) is 9.08. The van der Waals surface area contributed by atoms with Crippen LogP contribution in [-0.2, 0) is 0 Å². The minimum atomic E-state index is -0.175. The van der Waals surface area contributed by atoms with Gasteiger partial charge in [-0.25, -0.2) is 9.36 Å². The summed E-state index contributed by atoms with van der Waals surface area (Å²) in [6.45, 7) is 0. The van der Waals surface area contributed by atoms with Crippen molar-refractivity contribution in [1.29, 1.82) is 0 Å². The molecule has 2 heterocycles. The zero-order valence-corrected chi connectivity index (χ0v) is 14.9. The van der Waals surface area contributed by atoms with Gasteiger partial charge in [0.25, 0.3) is 5.91 Å². The van der Waals surface area contributed by atoms with Gasteiger partial charge in [-0.15, -0.1) is 5.10 Å². The Kier molecular flexibility index (Phi) is 3.93. The third kappa shape index (κ3) is 3.16. The Morgan fingerprint density at radius 3 is 2.68 bits per heavy atom. The highest BCUT2D eigenvalue weighted by Crippen LogP contribution is 2.36. The van der Waals surface area contributed by atoms with E-state index >= 15 is 0 Å². The van der Waals surface area contributed by atoms with Crippen molar-refractivity contribution >= 4 is 11.6 Å². The third-order valence-corrected chi connectivity index (χ3v) is 4.66. The highest BCUT2D eigenvalue weighted by Gasteiger charge is 2.28. The number of tetrazole rings is 1. The van der Waals surface area contributed by atoms with Crippen LogP contribution in [0.5, 0.6) is 0 Å². The molecule has 4 aromatic rings. The second kappa shape index (κ2) is 6.73. The second-order valence-corrected chi connectivity index (χ2v) is 6.71.